The number of carbonyl (C=O) groups is 1. The molecule has 2 aromatic heterocycles. The van der Waals surface area contributed by atoms with Crippen LogP contribution < -0.4 is 10.9 Å². The summed E-state index contributed by atoms with van der Waals surface area (Å²) in [7, 11) is 0. The van der Waals surface area contributed by atoms with Crippen LogP contribution >= 0.6 is 0 Å². The number of rotatable bonds is 8. The van der Waals surface area contributed by atoms with Gasteiger partial charge in [-0.05, 0) is 42.2 Å². The predicted octanol–water partition coefficient (Wildman–Crippen LogP) is 2.40. The van der Waals surface area contributed by atoms with E-state index in [-0.39, 0.29) is 11.5 Å². The van der Waals surface area contributed by atoms with Gasteiger partial charge in [-0.1, -0.05) is 18.7 Å². The van der Waals surface area contributed by atoms with Gasteiger partial charge in [-0.3, -0.25) is 19.1 Å². The van der Waals surface area contributed by atoms with Gasteiger partial charge in [0.05, 0.1) is 13.2 Å². The molecule has 2 aliphatic rings. The molecule has 1 N–H and O–H groups in total. The highest BCUT2D eigenvalue weighted by Gasteiger charge is 2.29. The maximum Gasteiger partial charge on any atom is 0.252 e. The van der Waals surface area contributed by atoms with Crippen LogP contribution in [0.5, 0.6) is 0 Å². The molecule has 182 valence electrons. The number of pyridine rings is 1. The molecule has 0 bridgehead atoms. The van der Waals surface area contributed by atoms with Crippen LogP contribution in [0.4, 0.5) is 11.6 Å². The summed E-state index contributed by atoms with van der Waals surface area (Å²) in [5.74, 6) is 0.780. The fourth-order valence-corrected chi connectivity index (χ4v) is 4.61. The number of benzene rings is 1. The van der Waals surface area contributed by atoms with E-state index in [4.69, 9.17) is 9.72 Å². The first-order valence-electron chi connectivity index (χ1n) is 12.0. The van der Waals surface area contributed by atoms with Crippen LogP contribution in [0.1, 0.15) is 12.0 Å². The maximum atomic E-state index is 12.7. The number of nitrogens with one attached hydrogen (secondary N) is 1. The summed E-state index contributed by atoms with van der Waals surface area (Å²) in [4.78, 5) is 37.6. The van der Waals surface area contributed by atoms with E-state index in [9.17, 15) is 9.59 Å². The van der Waals surface area contributed by atoms with E-state index in [1.54, 1.807) is 27.8 Å². The normalized spacial score (nSPS) is 16.7. The van der Waals surface area contributed by atoms with Crippen molar-refractivity contribution in [1.29, 1.82) is 0 Å². The third-order valence-corrected chi connectivity index (χ3v) is 6.62. The summed E-state index contributed by atoms with van der Waals surface area (Å²) in [6.45, 7) is 9.77. The molecule has 0 spiro atoms. The lowest BCUT2D eigenvalue weighted by Crippen LogP contribution is -2.49. The molecule has 3 aromatic rings. The Kier molecular flexibility index (Phi) is 6.87. The fourth-order valence-electron chi connectivity index (χ4n) is 4.61. The first-order valence-corrected chi connectivity index (χ1v) is 12.0. The van der Waals surface area contributed by atoms with Crippen molar-refractivity contribution in [2.24, 2.45) is 5.92 Å². The second kappa shape index (κ2) is 10.4. The van der Waals surface area contributed by atoms with Gasteiger partial charge in [0.1, 0.15) is 5.65 Å². The van der Waals surface area contributed by atoms with Crippen LogP contribution in [-0.2, 0) is 22.6 Å². The number of anilines is 2. The van der Waals surface area contributed by atoms with E-state index < -0.39 is 0 Å². The smallest absolute Gasteiger partial charge is 0.252 e. The van der Waals surface area contributed by atoms with Crippen molar-refractivity contribution < 1.29 is 9.53 Å². The average Bonchev–Trinajstić information content (AvgIpc) is 2.85. The highest BCUT2D eigenvalue weighted by atomic mass is 16.5. The van der Waals surface area contributed by atoms with Gasteiger partial charge in [-0.25, -0.2) is 4.98 Å². The molecule has 0 aliphatic carbocycles. The molecular formula is C26H30N6O3. The van der Waals surface area contributed by atoms with Gasteiger partial charge in [0.15, 0.2) is 0 Å². The Morgan fingerprint density at radius 2 is 2.03 bits per heavy atom. The number of carbonyl (C=O) groups excluding carboxylic acids is 1. The molecule has 2 fully saturated rings. The molecule has 35 heavy (non-hydrogen) atoms. The number of nitrogens with zero attached hydrogens (tertiary/aromatic N) is 5. The van der Waals surface area contributed by atoms with E-state index in [1.165, 1.54) is 11.6 Å². The zero-order chi connectivity index (χ0) is 24.2. The molecule has 9 nitrogen and oxygen atoms in total. The number of amides is 1. The monoisotopic (exact) mass is 474 g/mol. The minimum atomic E-state index is -0.0898. The molecule has 2 saturated heterocycles. The fraction of sp³-hybridized carbons (Fsp3) is 0.385. The van der Waals surface area contributed by atoms with Crippen LogP contribution in [0.2, 0.25) is 0 Å². The van der Waals surface area contributed by atoms with Gasteiger partial charge < -0.3 is 15.0 Å². The molecule has 0 atom stereocenters. The van der Waals surface area contributed by atoms with Gasteiger partial charge in [0.25, 0.3) is 5.56 Å². The van der Waals surface area contributed by atoms with Crippen molar-refractivity contribution in [3.63, 3.8) is 0 Å². The van der Waals surface area contributed by atoms with E-state index in [1.807, 2.05) is 12.1 Å². The second-order valence-corrected chi connectivity index (χ2v) is 9.11. The van der Waals surface area contributed by atoms with Gasteiger partial charge in [-0.2, -0.15) is 4.98 Å². The minimum absolute atomic E-state index is 0.0407. The zero-order valence-electron chi connectivity index (χ0n) is 19.7. The molecular weight excluding hydrogens is 444 g/mol. The number of ether oxygens (including phenoxy) is 1. The van der Waals surface area contributed by atoms with Crippen molar-refractivity contribution in [1.82, 2.24) is 24.3 Å². The summed E-state index contributed by atoms with van der Waals surface area (Å²) in [5, 5.41) is 4.11. The number of hydrogen-bond donors (Lipinski definition) is 1. The average molecular weight is 475 g/mol. The Balaban J connectivity index is 1.29. The van der Waals surface area contributed by atoms with Crippen LogP contribution in [-0.4, -0.2) is 69.6 Å². The second-order valence-electron chi connectivity index (χ2n) is 9.11. The van der Waals surface area contributed by atoms with Gasteiger partial charge in [-0.15, -0.1) is 0 Å². The van der Waals surface area contributed by atoms with E-state index in [0.717, 1.165) is 50.3 Å². The number of morpholine rings is 1. The lowest BCUT2D eigenvalue weighted by atomic mass is 9.96. The standard InChI is InChI=1S/C26H30N6O3/c1-2-23(33)31-17-20(18-31)8-9-32-24(34)7-6-21-15-27-26(29-25(21)32)28-22-5-3-4-19(14-22)16-30-10-12-35-13-11-30/h2-7,14-15,20H,1,8-13,16-18H2,(H,27,28,29). The van der Waals surface area contributed by atoms with Crippen LogP contribution in [0.25, 0.3) is 11.0 Å². The maximum absolute atomic E-state index is 12.7. The van der Waals surface area contributed by atoms with Crippen LogP contribution in [0, 0.1) is 5.92 Å². The van der Waals surface area contributed by atoms with E-state index in [2.05, 4.69) is 33.9 Å². The highest BCUT2D eigenvalue weighted by molar-refractivity contribution is 5.87. The number of aromatic nitrogens is 3. The molecule has 0 radical (unpaired) electrons. The Labute approximate surface area is 204 Å². The summed E-state index contributed by atoms with van der Waals surface area (Å²) in [5.41, 5.74) is 2.63. The van der Waals surface area contributed by atoms with Gasteiger partial charge in [0, 0.05) is 62.6 Å². The van der Waals surface area contributed by atoms with Crippen molar-refractivity contribution in [2.75, 3.05) is 44.7 Å². The van der Waals surface area contributed by atoms with Crippen LogP contribution in [0.15, 0.2) is 60.0 Å². The zero-order valence-corrected chi connectivity index (χ0v) is 19.7. The number of hydrogen-bond acceptors (Lipinski definition) is 7. The molecule has 1 aromatic carbocycles. The third kappa shape index (κ3) is 5.41. The summed E-state index contributed by atoms with van der Waals surface area (Å²) >= 11 is 0. The van der Waals surface area contributed by atoms with Crippen molar-refractivity contribution in [2.45, 2.75) is 19.5 Å². The Bertz CT molecular complexity index is 1280. The van der Waals surface area contributed by atoms with Gasteiger partial charge in [0.2, 0.25) is 11.9 Å². The minimum Gasteiger partial charge on any atom is -0.379 e. The van der Waals surface area contributed by atoms with E-state index >= 15 is 0 Å². The molecule has 4 heterocycles. The molecule has 9 heteroatoms. The molecule has 5 rings (SSSR count). The summed E-state index contributed by atoms with van der Waals surface area (Å²) in [6.07, 6.45) is 3.89. The predicted molar refractivity (Wildman–Crippen MR) is 135 cm³/mol. The number of likely N-dealkylation sites (tertiary alicyclic amines) is 1. The Morgan fingerprint density at radius 1 is 1.20 bits per heavy atom. The molecule has 2 aliphatic heterocycles. The summed E-state index contributed by atoms with van der Waals surface area (Å²) < 4.78 is 7.14. The Morgan fingerprint density at radius 3 is 2.83 bits per heavy atom. The first-order chi connectivity index (χ1) is 17.1. The molecule has 0 unspecified atom stereocenters. The lowest BCUT2D eigenvalue weighted by Gasteiger charge is -2.38. The molecule has 1 amide bonds. The summed E-state index contributed by atoms with van der Waals surface area (Å²) in [6, 6.07) is 11.5. The topological polar surface area (TPSA) is 92.6 Å². The number of aryl methyl sites for hydroxylation is 1. The van der Waals surface area contributed by atoms with Crippen LogP contribution in [0.3, 0.4) is 0 Å². The first kappa shape index (κ1) is 23.2. The SMILES string of the molecule is C=CC(=O)N1CC(CCn2c(=O)ccc3cnc(Nc4cccc(CN5CCOCC5)c4)nc32)C1. The lowest BCUT2D eigenvalue weighted by molar-refractivity contribution is -0.132. The van der Waals surface area contributed by atoms with E-state index in [0.29, 0.717) is 37.1 Å². The Hall–Kier alpha value is -3.56. The third-order valence-electron chi connectivity index (χ3n) is 6.62. The van der Waals surface area contributed by atoms with Crippen molar-refractivity contribution in [3.8, 4) is 0 Å². The van der Waals surface area contributed by atoms with Crippen molar-refractivity contribution in [3.05, 3.63) is 71.2 Å². The largest absolute Gasteiger partial charge is 0.379 e. The molecule has 0 saturated carbocycles. The van der Waals surface area contributed by atoms with Crippen molar-refractivity contribution >= 4 is 28.6 Å². The number of fused-ring (bicyclic) bond motifs is 1. The highest BCUT2D eigenvalue weighted by Crippen LogP contribution is 2.22. The van der Waals surface area contributed by atoms with Gasteiger partial charge >= 0.3 is 0 Å². The quantitative estimate of drug-likeness (QED) is 0.501.